The molecule has 1 unspecified atom stereocenters. The summed E-state index contributed by atoms with van der Waals surface area (Å²) in [6, 6.07) is 7.41. The number of hydrogen-bond acceptors (Lipinski definition) is 7. The van der Waals surface area contributed by atoms with Crippen LogP contribution in [-0.4, -0.2) is 52.1 Å². The first-order valence-electron chi connectivity index (χ1n) is 9.01. The van der Waals surface area contributed by atoms with Gasteiger partial charge in [-0.25, -0.2) is 9.97 Å². The minimum atomic E-state index is -0.164. The Balaban J connectivity index is 1.42. The summed E-state index contributed by atoms with van der Waals surface area (Å²) in [5.41, 5.74) is 2.25. The highest BCUT2D eigenvalue weighted by molar-refractivity contribution is 5.94. The van der Waals surface area contributed by atoms with Crippen LogP contribution < -0.4 is 15.0 Å². The van der Waals surface area contributed by atoms with E-state index in [1.807, 2.05) is 18.2 Å². The van der Waals surface area contributed by atoms with Gasteiger partial charge in [-0.2, -0.15) is 0 Å². The number of nitrogens with one attached hydrogen (secondary N) is 1. The van der Waals surface area contributed by atoms with Gasteiger partial charge in [0.1, 0.15) is 5.75 Å². The maximum absolute atomic E-state index is 12.5. The van der Waals surface area contributed by atoms with E-state index < -0.39 is 0 Å². The molecule has 0 spiro atoms. The highest BCUT2D eigenvalue weighted by atomic mass is 16.5. The summed E-state index contributed by atoms with van der Waals surface area (Å²) >= 11 is 0. The first-order valence-corrected chi connectivity index (χ1v) is 9.01. The van der Waals surface area contributed by atoms with Crippen molar-refractivity contribution in [1.82, 2.24) is 25.3 Å². The Labute approximate surface area is 162 Å². The van der Waals surface area contributed by atoms with Crippen molar-refractivity contribution in [2.24, 2.45) is 0 Å². The number of pyridine rings is 2. The lowest BCUT2D eigenvalue weighted by Crippen LogP contribution is -2.37. The van der Waals surface area contributed by atoms with Crippen LogP contribution in [0.5, 0.6) is 5.75 Å². The van der Waals surface area contributed by atoms with Crippen molar-refractivity contribution in [1.29, 1.82) is 0 Å². The third-order valence-electron chi connectivity index (χ3n) is 4.62. The molecule has 0 saturated carbocycles. The van der Waals surface area contributed by atoms with E-state index in [2.05, 4.69) is 30.2 Å². The fourth-order valence-electron chi connectivity index (χ4n) is 3.16. The molecule has 0 bridgehead atoms. The second-order valence-corrected chi connectivity index (χ2v) is 6.50. The molecule has 1 aliphatic rings. The van der Waals surface area contributed by atoms with E-state index in [1.165, 1.54) is 6.20 Å². The Morgan fingerprint density at radius 3 is 2.96 bits per heavy atom. The number of carbonyl (C=O) groups excluding carboxylic acids is 1. The van der Waals surface area contributed by atoms with Crippen molar-refractivity contribution in [2.45, 2.75) is 12.5 Å². The maximum Gasteiger partial charge on any atom is 0.253 e. The number of rotatable bonds is 5. The monoisotopic (exact) mass is 376 g/mol. The van der Waals surface area contributed by atoms with Crippen molar-refractivity contribution in [3.63, 3.8) is 0 Å². The number of anilines is 1. The first-order chi connectivity index (χ1) is 13.7. The Kier molecular flexibility index (Phi) is 5.09. The largest absolute Gasteiger partial charge is 0.495 e. The summed E-state index contributed by atoms with van der Waals surface area (Å²) in [6.07, 6.45) is 9.19. The molecule has 8 heteroatoms. The summed E-state index contributed by atoms with van der Waals surface area (Å²) in [6.45, 7) is 1.43. The average molecular weight is 376 g/mol. The van der Waals surface area contributed by atoms with Gasteiger partial charge in [0.15, 0.2) is 0 Å². The number of aromatic nitrogens is 4. The van der Waals surface area contributed by atoms with E-state index in [1.54, 1.807) is 38.0 Å². The van der Waals surface area contributed by atoms with E-state index in [0.29, 0.717) is 23.8 Å². The zero-order valence-electron chi connectivity index (χ0n) is 15.4. The minimum absolute atomic E-state index is 0.0179. The fourth-order valence-corrected chi connectivity index (χ4v) is 3.16. The van der Waals surface area contributed by atoms with E-state index in [-0.39, 0.29) is 11.9 Å². The van der Waals surface area contributed by atoms with Gasteiger partial charge in [-0.15, -0.1) is 0 Å². The Hall–Kier alpha value is -3.55. The smallest absolute Gasteiger partial charge is 0.253 e. The van der Waals surface area contributed by atoms with Crippen LogP contribution in [0.3, 0.4) is 0 Å². The number of methoxy groups -OCH3 is 1. The summed E-state index contributed by atoms with van der Waals surface area (Å²) in [5, 5.41) is 3.05. The molecule has 1 saturated heterocycles. The topological polar surface area (TPSA) is 93.1 Å². The first kappa shape index (κ1) is 17.8. The zero-order chi connectivity index (χ0) is 19.3. The molecule has 0 aromatic carbocycles. The van der Waals surface area contributed by atoms with Crippen molar-refractivity contribution in [3.8, 4) is 17.0 Å². The third kappa shape index (κ3) is 3.90. The van der Waals surface area contributed by atoms with Crippen LogP contribution in [0, 0.1) is 0 Å². The maximum atomic E-state index is 12.5. The van der Waals surface area contributed by atoms with Gasteiger partial charge >= 0.3 is 0 Å². The summed E-state index contributed by atoms with van der Waals surface area (Å²) in [5.74, 6) is 1.05. The van der Waals surface area contributed by atoms with Crippen molar-refractivity contribution < 1.29 is 9.53 Å². The molecule has 1 aliphatic heterocycles. The average Bonchev–Trinajstić information content (AvgIpc) is 3.23. The van der Waals surface area contributed by atoms with Crippen LogP contribution in [0.1, 0.15) is 16.8 Å². The Morgan fingerprint density at radius 1 is 1.21 bits per heavy atom. The number of hydrogen-bond donors (Lipinski definition) is 1. The molecule has 1 atom stereocenters. The highest BCUT2D eigenvalue weighted by Crippen LogP contribution is 2.21. The Morgan fingerprint density at radius 2 is 2.14 bits per heavy atom. The SMILES string of the molecule is COc1cncc(C(=O)NC2CCN(c3nccc(-c4cccnc4)n3)C2)c1. The Bertz CT molecular complexity index is 966. The molecular formula is C20H20N6O2. The van der Waals surface area contributed by atoms with Gasteiger partial charge in [-0.1, -0.05) is 0 Å². The van der Waals surface area contributed by atoms with Gasteiger partial charge in [0, 0.05) is 49.5 Å². The van der Waals surface area contributed by atoms with Crippen LogP contribution in [0.4, 0.5) is 5.95 Å². The van der Waals surface area contributed by atoms with Crippen molar-refractivity contribution in [2.75, 3.05) is 25.1 Å². The number of nitrogens with zero attached hydrogens (tertiary/aromatic N) is 5. The van der Waals surface area contributed by atoms with Gasteiger partial charge in [0.2, 0.25) is 5.95 Å². The van der Waals surface area contributed by atoms with E-state index in [0.717, 1.165) is 24.2 Å². The number of amides is 1. The predicted molar refractivity (Wildman–Crippen MR) is 104 cm³/mol. The molecule has 28 heavy (non-hydrogen) atoms. The quantitative estimate of drug-likeness (QED) is 0.727. The van der Waals surface area contributed by atoms with Crippen LogP contribution >= 0.6 is 0 Å². The second kappa shape index (κ2) is 7.99. The molecule has 3 aromatic heterocycles. The summed E-state index contributed by atoms with van der Waals surface area (Å²) in [7, 11) is 1.55. The van der Waals surface area contributed by atoms with Gasteiger partial charge in [-0.3, -0.25) is 14.8 Å². The van der Waals surface area contributed by atoms with Crippen LogP contribution in [-0.2, 0) is 0 Å². The summed E-state index contributed by atoms with van der Waals surface area (Å²) < 4.78 is 5.13. The van der Waals surface area contributed by atoms with Gasteiger partial charge in [-0.05, 0) is 30.7 Å². The standard InChI is InChI=1S/C20H20N6O2/c1-28-17-9-15(11-22-12-17)19(27)24-16-5-8-26(13-16)20-23-7-4-18(25-20)14-3-2-6-21-10-14/h2-4,6-7,9-12,16H,5,8,13H2,1H3,(H,24,27). The van der Waals surface area contributed by atoms with Crippen LogP contribution in [0.25, 0.3) is 11.3 Å². The molecule has 0 radical (unpaired) electrons. The zero-order valence-corrected chi connectivity index (χ0v) is 15.4. The molecule has 1 fully saturated rings. The van der Waals surface area contributed by atoms with Crippen molar-refractivity contribution >= 4 is 11.9 Å². The summed E-state index contributed by atoms with van der Waals surface area (Å²) in [4.78, 5) is 31.8. The molecule has 1 amide bonds. The van der Waals surface area contributed by atoms with E-state index in [4.69, 9.17) is 4.74 Å². The fraction of sp³-hybridized carbons (Fsp3) is 0.250. The third-order valence-corrected chi connectivity index (χ3v) is 4.62. The predicted octanol–water partition coefficient (Wildman–Crippen LogP) is 1.95. The lowest BCUT2D eigenvalue weighted by molar-refractivity contribution is 0.0939. The van der Waals surface area contributed by atoms with Crippen molar-refractivity contribution in [3.05, 3.63) is 60.8 Å². The van der Waals surface area contributed by atoms with Gasteiger partial charge in [0.05, 0.1) is 24.6 Å². The highest BCUT2D eigenvalue weighted by Gasteiger charge is 2.26. The number of carbonyl (C=O) groups is 1. The van der Waals surface area contributed by atoms with Gasteiger partial charge in [0.25, 0.3) is 5.91 Å². The molecule has 3 aromatic rings. The normalized spacial score (nSPS) is 16.0. The lowest BCUT2D eigenvalue weighted by Gasteiger charge is -2.17. The van der Waals surface area contributed by atoms with E-state index >= 15 is 0 Å². The van der Waals surface area contributed by atoms with Gasteiger partial charge < -0.3 is 15.0 Å². The molecule has 1 N–H and O–H groups in total. The minimum Gasteiger partial charge on any atom is -0.495 e. The molecule has 4 rings (SSSR count). The molecular weight excluding hydrogens is 356 g/mol. The second-order valence-electron chi connectivity index (χ2n) is 6.50. The van der Waals surface area contributed by atoms with E-state index in [9.17, 15) is 4.79 Å². The molecule has 8 nitrogen and oxygen atoms in total. The van der Waals surface area contributed by atoms with Crippen LogP contribution in [0.15, 0.2) is 55.2 Å². The molecule has 142 valence electrons. The lowest BCUT2D eigenvalue weighted by atomic mass is 10.2. The molecule has 4 heterocycles. The van der Waals surface area contributed by atoms with Crippen LogP contribution in [0.2, 0.25) is 0 Å². The number of ether oxygens (including phenoxy) is 1. The molecule has 0 aliphatic carbocycles.